The Morgan fingerprint density at radius 2 is 2.00 bits per heavy atom. The lowest BCUT2D eigenvalue weighted by Gasteiger charge is -2.39. The first-order chi connectivity index (χ1) is 9.17. The molecule has 3 unspecified atom stereocenters. The van der Waals surface area contributed by atoms with Crippen LogP contribution in [0.1, 0.15) is 59.3 Å². The molecule has 19 heavy (non-hydrogen) atoms. The Morgan fingerprint density at radius 1 is 1.26 bits per heavy atom. The predicted molar refractivity (Wildman–Crippen MR) is 81.1 cm³/mol. The Morgan fingerprint density at radius 3 is 2.63 bits per heavy atom. The average Bonchev–Trinajstić information content (AvgIpc) is 2.82. The van der Waals surface area contributed by atoms with Crippen molar-refractivity contribution < 1.29 is 9.59 Å². The molecule has 1 aliphatic heterocycles. The largest absolute Gasteiger partial charge is 0.345 e. The van der Waals surface area contributed by atoms with Gasteiger partial charge in [-0.1, -0.05) is 25.5 Å². The zero-order valence-electron chi connectivity index (χ0n) is 12.8. The molecule has 0 aromatic rings. The number of quaternary nitrogens is 1. The van der Waals surface area contributed by atoms with Crippen molar-refractivity contribution in [2.24, 2.45) is 0 Å². The number of rotatable bonds is 9. The molecule has 0 aromatic carbocycles. The number of allylic oxidation sites excluding steroid dienone is 2. The van der Waals surface area contributed by atoms with Crippen LogP contribution in [-0.4, -0.2) is 28.5 Å². The molecule has 2 N–H and O–H groups in total. The maximum absolute atomic E-state index is 10.0. The monoisotopic (exact) mass is 267 g/mol. The van der Waals surface area contributed by atoms with Crippen LogP contribution in [0.2, 0.25) is 0 Å². The van der Waals surface area contributed by atoms with Gasteiger partial charge < -0.3 is 10.4 Å². The maximum atomic E-state index is 10.0. The number of aliphatic hydroxyl groups excluding tert-OH is 1. The van der Waals surface area contributed by atoms with Gasteiger partial charge in [0, 0.05) is 13.3 Å². The van der Waals surface area contributed by atoms with Crippen LogP contribution in [-0.2, 0) is 0 Å². The fourth-order valence-corrected chi connectivity index (χ4v) is 2.84. The Balaban J connectivity index is 2.29. The molecule has 3 nitrogen and oxygen atoms in total. The van der Waals surface area contributed by atoms with Gasteiger partial charge >= 0.3 is 0 Å². The summed E-state index contributed by atoms with van der Waals surface area (Å²) in [5.41, 5.74) is 0. The predicted octanol–water partition coefficient (Wildman–Crippen LogP) is 3.48. The normalized spacial score (nSPS) is 27.9. The van der Waals surface area contributed by atoms with Crippen LogP contribution in [0.15, 0.2) is 24.6 Å². The first-order valence-corrected chi connectivity index (χ1v) is 7.81. The van der Waals surface area contributed by atoms with Crippen LogP contribution in [0.5, 0.6) is 0 Å². The summed E-state index contributed by atoms with van der Waals surface area (Å²) in [7, 11) is 0. The lowest BCUT2D eigenvalue weighted by molar-refractivity contribution is -0.942. The average molecular weight is 267 g/mol. The zero-order valence-corrected chi connectivity index (χ0v) is 12.8. The van der Waals surface area contributed by atoms with Crippen LogP contribution < -0.4 is 5.32 Å². The van der Waals surface area contributed by atoms with Gasteiger partial charge in [0.05, 0.1) is 12.7 Å². The van der Waals surface area contributed by atoms with Gasteiger partial charge in [0.25, 0.3) is 0 Å². The lowest BCUT2D eigenvalue weighted by Crippen LogP contribution is -2.57. The minimum atomic E-state index is -0.342. The van der Waals surface area contributed by atoms with E-state index >= 15 is 0 Å². The number of nitrogens with zero attached hydrogens (tertiary/aromatic N) is 1. The number of hydrogen-bond donors (Lipinski definition) is 2. The second kappa shape index (κ2) is 8.39. The van der Waals surface area contributed by atoms with Gasteiger partial charge in [-0.2, -0.15) is 0 Å². The highest BCUT2D eigenvalue weighted by Crippen LogP contribution is 2.25. The summed E-state index contributed by atoms with van der Waals surface area (Å²) in [4.78, 5) is 0. The van der Waals surface area contributed by atoms with Crippen molar-refractivity contribution in [1.82, 2.24) is 5.32 Å². The fraction of sp³-hybridized carbons (Fsp3) is 0.750. The maximum Gasteiger partial charge on any atom is 0.193 e. The molecular weight excluding hydrogens is 236 g/mol. The number of unbranched alkanes of at least 4 members (excludes halogenated alkanes) is 3. The molecular formula is C16H31N2O+. The molecule has 1 heterocycles. The molecule has 0 radical (unpaired) electrons. The molecule has 0 bridgehead atoms. The highest BCUT2D eigenvalue weighted by molar-refractivity contribution is 4.85. The lowest BCUT2D eigenvalue weighted by atomic mass is 10.1. The molecule has 3 atom stereocenters. The fourth-order valence-electron chi connectivity index (χ4n) is 2.84. The zero-order chi connectivity index (χ0) is 14.1. The van der Waals surface area contributed by atoms with Gasteiger partial charge in [-0.15, -0.1) is 0 Å². The topological polar surface area (TPSA) is 32.3 Å². The summed E-state index contributed by atoms with van der Waals surface area (Å²) in [6, 6.07) is 0. The molecule has 0 saturated carbocycles. The molecule has 0 amide bonds. The molecule has 0 aliphatic carbocycles. The van der Waals surface area contributed by atoms with Gasteiger partial charge in [0.1, 0.15) is 6.20 Å². The van der Waals surface area contributed by atoms with E-state index < -0.39 is 0 Å². The van der Waals surface area contributed by atoms with Crippen LogP contribution in [0.3, 0.4) is 0 Å². The van der Waals surface area contributed by atoms with Crippen molar-refractivity contribution >= 4 is 0 Å². The second-order valence-corrected chi connectivity index (χ2v) is 5.49. The standard InChI is InChI=1S/C16H31N2O/c1-4-6-7-8-9-10-11-12-16-17-13-14-18(16,5-2)15(3)19/h7-8,13-17,19H,4-6,9-12H2,1-3H3/q+1/b8-7+. The first kappa shape index (κ1) is 16.3. The molecule has 0 spiro atoms. The highest BCUT2D eigenvalue weighted by atomic mass is 16.3. The van der Waals surface area contributed by atoms with Crippen molar-refractivity contribution in [3.63, 3.8) is 0 Å². The highest BCUT2D eigenvalue weighted by Gasteiger charge is 2.40. The summed E-state index contributed by atoms with van der Waals surface area (Å²) in [5, 5.41) is 13.4. The van der Waals surface area contributed by atoms with E-state index in [9.17, 15) is 5.11 Å². The summed E-state index contributed by atoms with van der Waals surface area (Å²) < 4.78 is 0.658. The first-order valence-electron chi connectivity index (χ1n) is 7.81. The van der Waals surface area contributed by atoms with E-state index in [0.717, 1.165) is 13.0 Å². The molecule has 0 aromatic heterocycles. The number of nitrogens with one attached hydrogen (secondary N) is 1. The van der Waals surface area contributed by atoms with Crippen molar-refractivity contribution in [3.05, 3.63) is 24.6 Å². The van der Waals surface area contributed by atoms with E-state index in [0.29, 0.717) is 10.6 Å². The molecule has 1 aliphatic rings. The smallest absolute Gasteiger partial charge is 0.193 e. The van der Waals surface area contributed by atoms with Gasteiger partial charge in [-0.25, -0.2) is 0 Å². The van der Waals surface area contributed by atoms with E-state index in [1.165, 1.54) is 32.1 Å². The van der Waals surface area contributed by atoms with Crippen molar-refractivity contribution in [2.45, 2.75) is 71.7 Å². The Bertz CT molecular complexity index is 299. The summed E-state index contributed by atoms with van der Waals surface area (Å²) >= 11 is 0. The molecule has 3 heteroatoms. The minimum absolute atomic E-state index is 0.338. The second-order valence-electron chi connectivity index (χ2n) is 5.49. The Hall–Kier alpha value is -0.800. The van der Waals surface area contributed by atoms with Gasteiger partial charge in [-0.05, 0) is 32.6 Å². The van der Waals surface area contributed by atoms with E-state index in [1.807, 2.05) is 13.1 Å². The molecule has 0 fully saturated rings. The van der Waals surface area contributed by atoms with Gasteiger partial charge in [0.15, 0.2) is 12.4 Å². The van der Waals surface area contributed by atoms with Gasteiger partial charge in [-0.3, -0.25) is 4.48 Å². The van der Waals surface area contributed by atoms with Crippen LogP contribution in [0.25, 0.3) is 0 Å². The Kier molecular flexibility index (Phi) is 7.17. The van der Waals surface area contributed by atoms with Crippen LogP contribution >= 0.6 is 0 Å². The van der Waals surface area contributed by atoms with E-state index in [4.69, 9.17) is 0 Å². The van der Waals surface area contributed by atoms with Crippen LogP contribution in [0, 0.1) is 0 Å². The quantitative estimate of drug-likeness (QED) is 0.381. The SMILES string of the molecule is CCC/C=C/CCCCC1NC=C[N+]1(CC)C(C)O. The Labute approximate surface area is 118 Å². The van der Waals surface area contributed by atoms with Crippen molar-refractivity contribution in [1.29, 1.82) is 0 Å². The number of aliphatic hydroxyl groups is 1. The van der Waals surface area contributed by atoms with Crippen molar-refractivity contribution in [2.75, 3.05) is 6.54 Å². The molecule has 0 saturated heterocycles. The van der Waals surface area contributed by atoms with E-state index in [-0.39, 0.29) is 6.23 Å². The van der Waals surface area contributed by atoms with Crippen molar-refractivity contribution in [3.8, 4) is 0 Å². The van der Waals surface area contributed by atoms with E-state index in [1.54, 1.807) is 0 Å². The molecule has 110 valence electrons. The molecule has 1 rings (SSSR count). The number of hydrogen-bond acceptors (Lipinski definition) is 2. The summed E-state index contributed by atoms with van der Waals surface area (Å²) in [6.45, 7) is 7.18. The summed E-state index contributed by atoms with van der Waals surface area (Å²) in [5.74, 6) is 0. The third-order valence-electron chi connectivity index (χ3n) is 4.18. The summed E-state index contributed by atoms with van der Waals surface area (Å²) in [6.07, 6.45) is 15.9. The third-order valence-corrected chi connectivity index (χ3v) is 4.18. The van der Waals surface area contributed by atoms with Gasteiger partial charge in [0.2, 0.25) is 0 Å². The van der Waals surface area contributed by atoms with E-state index in [2.05, 4.69) is 37.5 Å². The van der Waals surface area contributed by atoms with Crippen LogP contribution in [0.4, 0.5) is 0 Å². The third kappa shape index (κ3) is 4.36. The minimum Gasteiger partial charge on any atom is -0.345 e.